The lowest BCUT2D eigenvalue weighted by Crippen LogP contribution is -2.73. The molecular formula is C118H158O15Si5. The number of carbonyl (C=O) groups is 1. The third-order valence-electron chi connectivity index (χ3n) is 31.5. The van der Waals surface area contributed by atoms with Crippen LogP contribution in [0.3, 0.4) is 0 Å². The fourth-order valence-corrected chi connectivity index (χ4v) is 45.8. The predicted molar refractivity (Wildman–Crippen MR) is 571 cm³/mol. The van der Waals surface area contributed by atoms with Crippen molar-refractivity contribution in [2.75, 3.05) is 19.8 Å². The van der Waals surface area contributed by atoms with Crippen molar-refractivity contribution in [1.29, 1.82) is 0 Å². The van der Waals surface area contributed by atoms with Crippen LogP contribution in [0.1, 0.15) is 188 Å². The van der Waals surface area contributed by atoms with Gasteiger partial charge in [-0.3, -0.25) is 4.79 Å². The summed E-state index contributed by atoms with van der Waals surface area (Å²) in [6.07, 6.45) is 3.81. The monoisotopic (exact) mass is 1960 g/mol. The summed E-state index contributed by atoms with van der Waals surface area (Å²) < 4.78 is 108. The van der Waals surface area contributed by atoms with E-state index in [9.17, 15) is 0 Å². The molecule has 0 saturated carbocycles. The summed E-state index contributed by atoms with van der Waals surface area (Å²) in [6, 6.07) is 90.1. The molecule has 0 radical (unpaired) electrons. The summed E-state index contributed by atoms with van der Waals surface area (Å²) in [7, 11) is -15.5. The summed E-state index contributed by atoms with van der Waals surface area (Å²) >= 11 is 0. The standard InChI is InChI=1S/C118H158O15Si5/c1-22-74-120-75-51-52-88-78-84(7)99(122-88)71-69-89-77-83(6)85(8)102(123-89)81-105-109(86(9)108-106(125-105)82-103(131-136(116(13,14)15,93-57-39-29-40-58-93)94-59-41-30-42-60-94)100(126-108)73-76-121-135(115(10,11)12,91-53-35-27-36-54-91)92-55-37-28-38-56-92)129-107(119)80-90-70-72-101-110(124-90)114(133-138(118(19,20)21,97-65-47-33-48-66-97)98-67-49-34-50-68-98)113-112(127-101)111(104(128-113)79-87(23-2)130-134(24-3,25-4)26-5)132-137(117(16,17)18,95-61-43-31-44-62-95)96-63-45-32-46-64-96/h22-23,27-68,83,86-90,99-106,108-114H,1-2,7-8,24-26,69-82H2,3-6,9-21H3/b52-51+/t83-,86+,87?,88+,89+,90-,99+,100-,101+,102-,103-,104-,105+,106+,108+,109-,110+,111+,112+,113-,114+/m1/s1. The summed E-state index contributed by atoms with van der Waals surface area (Å²) in [5.74, 6) is -0.702. The number of fused-ring (bicyclic) bond motifs is 3. The van der Waals surface area contributed by atoms with Crippen LogP contribution in [0.5, 0.6) is 0 Å². The maximum absolute atomic E-state index is 16.4. The zero-order valence-electron chi connectivity index (χ0n) is 85.5. The van der Waals surface area contributed by atoms with E-state index >= 15 is 4.79 Å². The van der Waals surface area contributed by atoms with Crippen LogP contribution in [-0.4, -0.2) is 183 Å². The first-order valence-corrected chi connectivity index (χ1v) is 61.8. The molecule has 740 valence electrons. The minimum absolute atomic E-state index is 0.0654. The molecule has 20 heteroatoms. The molecule has 7 fully saturated rings. The predicted octanol–water partition coefficient (Wildman–Crippen LogP) is 20.7. The molecule has 0 aromatic heterocycles. The van der Waals surface area contributed by atoms with Crippen LogP contribution < -0.4 is 41.5 Å². The van der Waals surface area contributed by atoms with Gasteiger partial charge in [-0.15, -0.1) is 13.2 Å². The van der Waals surface area contributed by atoms with E-state index in [4.69, 9.17) is 71.3 Å². The number of hydrogen-bond acceptors (Lipinski definition) is 15. The molecule has 7 aliphatic rings. The Morgan fingerprint density at radius 3 is 1.35 bits per heavy atom. The lowest BCUT2D eigenvalue weighted by atomic mass is 9.79. The van der Waals surface area contributed by atoms with Gasteiger partial charge in [0.05, 0.1) is 99.0 Å². The lowest BCUT2D eigenvalue weighted by molar-refractivity contribution is -0.273. The Morgan fingerprint density at radius 2 is 0.891 bits per heavy atom. The molecule has 21 atom stereocenters. The maximum atomic E-state index is 16.4. The van der Waals surface area contributed by atoms with Crippen molar-refractivity contribution in [3.63, 3.8) is 0 Å². The molecule has 15 rings (SSSR count). The molecule has 8 aromatic rings. The van der Waals surface area contributed by atoms with Crippen LogP contribution in [0.15, 0.2) is 304 Å². The minimum Gasteiger partial charge on any atom is -0.459 e. The smallest absolute Gasteiger partial charge is 0.308 e. The number of rotatable bonds is 39. The van der Waals surface area contributed by atoms with Gasteiger partial charge in [-0.2, -0.15) is 0 Å². The van der Waals surface area contributed by atoms with Crippen molar-refractivity contribution in [3.8, 4) is 0 Å². The van der Waals surface area contributed by atoms with E-state index in [0.717, 1.165) is 75.7 Å². The Kier molecular flexibility index (Phi) is 34.3. The number of esters is 1. The topological polar surface area (TPSA) is 146 Å². The Labute approximate surface area is 831 Å². The van der Waals surface area contributed by atoms with Crippen LogP contribution in [0.25, 0.3) is 0 Å². The maximum Gasteiger partial charge on any atom is 0.308 e. The molecule has 0 bridgehead atoms. The lowest BCUT2D eigenvalue weighted by Gasteiger charge is -2.54. The molecule has 0 amide bonds. The second kappa shape index (κ2) is 45.2. The Morgan fingerprint density at radius 1 is 0.442 bits per heavy atom. The normalized spacial score (nSPS) is 27.7. The quantitative estimate of drug-likeness (QED) is 0.0156. The first kappa shape index (κ1) is 105. The van der Waals surface area contributed by atoms with Gasteiger partial charge in [0, 0.05) is 38.2 Å². The van der Waals surface area contributed by atoms with Gasteiger partial charge in [-0.25, -0.2) is 0 Å². The largest absolute Gasteiger partial charge is 0.459 e. The minimum atomic E-state index is -3.51. The average molecular weight is 1960 g/mol. The van der Waals surface area contributed by atoms with Crippen LogP contribution in [0, 0.1) is 11.8 Å². The van der Waals surface area contributed by atoms with Gasteiger partial charge < -0.3 is 64.8 Å². The highest BCUT2D eigenvalue weighted by atomic mass is 28.4. The van der Waals surface area contributed by atoms with Gasteiger partial charge >= 0.3 is 5.97 Å². The van der Waals surface area contributed by atoms with Crippen molar-refractivity contribution in [2.24, 2.45) is 11.8 Å². The number of carbonyl (C=O) groups excluding carboxylic acids is 1. The molecule has 0 N–H and O–H groups in total. The highest BCUT2D eigenvalue weighted by molar-refractivity contribution is 7.01. The molecule has 7 heterocycles. The van der Waals surface area contributed by atoms with E-state index in [1.54, 1.807) is 6.08 Å². The molecular weight excluding hydrogens is 1800 g/mol. The molecule has 138 heavy (non-hydrogen) atoms. The van der Waals surface area contributed by atoms with E-state index in [0.29, 0.717) is 58.3 Å². The van der Waals surface area contributed by atoms with E-state index in [1.807, 2.05) is 12.2 Å². The van der Waals surface area contributed by atoms with Crippen LogP contribution in [0.2, 0.25) is 38.3 Å². The van der Waals surface area contributed by atoms with Crippen molar-refractivity contribution in [3.05, 3.63) is 304 Å². The highest BCUT2D eigenvalue weighted by Crippen LogP contribution is 2.52. The molecule has 0 aliphatic carbocycles. The van der Waals surface area contributed by atoms with E-state index < -0.39 is 155 Å². The van der Waals surface area contributed by atoms with E-state index in [2.05, 4.69) is 386 Å². The summed E-state index contributed by atoms with van der Waals surface area (Å²) in [6.45, 7) is 58.4. The zero-order valence-corrected chi connectivity index (χ0v) is 90.5. The number of ether oxygens (including phenoxy) is 9. The summed E-state index contributed by atoms with van der Waals surface area (Å²) in [5.41, 5.74) is 2.07. The van der Waals surface area contributed by atoms with E-state index in [1.165, 1.54) is 20.7 Å². The summed E-state index contributed by atoms with van der Waals surface area (Å²) in [5, 5.41) is 7.75. The van der Waals surface area contributed by atoms with Gasteiger partial charge in [-0.1, -0.05) is 398 Å². The third-order valence-corrected chi connectivity index (χ3v) is 56.3. The molecule has 7 saturated heterocycles. The first-order valence-electron chi connectivity index (χ1n) is 51.6. The Hall–Kier alpha value is -7.51. The molecule has 1 unspecified atom stereocenters. The van der Waals surface area contributed by atoms with Gasteiger partial charge in [0.15, 0.2) is 8.32 Å². The Balaban J connectivity index is 0.802. The molecule has 7 aliphatic heterocycles. The number of benzene rings is 8. The fraction of sp³-hybridized carbons (Fsp3) is 0.500. The zero-order chi connectivity index (χ0) is 98.0. The molecule has 0 spiro atoms. The van der Waals surface area contributed by atoms with Crippen molar-refractivity contribution in [2.45, 2.75) is 343 Å². The second-order valence-corrected chi connectivity index (χ2v) is 66.0. The number of hydrogen-bond donors (Lipinski definition) is 0. The third kappa shape index (κ3) is 22.1. The highest BCUT2D eigenvalue weighted by Gasteiger charge is 2.66. The average Bonchev–Trinajstić information content (AvgIpc) is 1.47. The van der Waals surface area contributed by atoms with Crippen molar-refractivity contribution < 1.29 is 69.6 Å². The fourth-order valence-electron chi connectivity index (χ4n) is 24.2. The SMILES string of the molecule is C=CCOC/C=C/[C@H]1CC(=C)[C@H](CC[C@H]2C[C@@H](C)C(=C)[C@@H](C[C@@H]3O[C@H]4C[C@@H](O[Si](c5ccccc5)(c5ccccc5)C(C)(C)C)[C@@H](CCO[Si](c5ccccc5)(c5ccccc5)C(C)(C)C)O[C@H]4[C@H](C)[C@H]3OC(=O)C[C@H]3CC[C@@H]4O[C@@H]5[C@@H](O[C@H](CC(C=C)O[Si](CC)(CC)CC)[C@@H]5O[Si](c5ccccc5)(c5ccccc5)C(C)(C)C)[C@@H](O[Si](c5ccccc5)(c5ccccc5)C(C)(C)C)[C@H]4O3)O2)O1. The van der Waals surface area contributed by atoms with Gasteiger partial charge in [0.1, 0.15) is 36.6 Å². The van der Waals surface area contributed by atoms with Gasteiger partial charge in [0.2, 0.25) is 0 Å². The summed E-state index contributed by atoms with van der Waals surface area (Å²) in [4.78, 5) is 16.4. The molecule has 15 nitrogen and oxygen atoms in total. The molecule has 8 aromatic carbocycles. The van der Waals surface area contributed by atoms with E-state index in [-0.39, 0.29) is 46.8 Å². The van der Waals surface area contributed by atoms with Crippen LogP contribution >= 0.6 is 0 Å². The van der Waals surface area contributed by atoms with Crippen LogP contribution in [-0.2, 0) is 69.6 Å². The van der Waals surface area contributed by atoms with Gasteiger partial charge in [0.25, 0.3) is 33.3 Å². The Bertz CT molecular complexity index is 5090. The van der Waals surface area contributed by atoms with Crippen LogP contribution in [0.4, 0.5) is 0 Å². The van der Waals surface area contributed by atoms with Gasteiger partial charge in [-0.05, 0) is 135 Å². The van der Waals surface area contributed by atoms with Crippen molar-refractivity contribution in [1.82, 2.24) is 0 Å². The second-order valence-electron chi connectivity index (χ2n) is 44.2. The first-order chi connectivity index (χ1) is 66.2. The van der Waals surface area contributed by atoms with Crippen molar-refractivity contribution >= 4 is 89.1 Å².